The van der Waals surface area contributed by atoms with Gasteiger partial charge >= 0.3 is 0 Å². The van der Waals surface area contributed by atoms with Gasteiger partial charge in [0.2, 0.25) is 0 Å². The minimum absolute atomic E-state index is 0.230. The molecule has 1 N–H and O–H groups in total. The number of hydrogen-bond donors (Lipinski definition) is 1. The van der Waals surface area contributed by atoms with Gasteiger partial charge in [-0.25, -0.2) is 4.39 Å². The third-order valence-corrected chi connectivity index (χ3v) is 3.27. The van der Waals surface area contributed by atoms with E-state index in [4.69, 9.17) is 16.3 Å². The highest BCUT2D eigenvalue weighted by Gasteiger charge is 2.16. The minimum Gasteiger partial charge on any atom is -0.492 e. The summed E-state index contributed by atoms with van der Waals surface area (Å²) in [4.78, 5) is 3.78. The van der Waals surface area contributed by atoms with E-state index in [1.54, 1.807) is 24.4 Å². The molecular formula is C16H18ClFN2O. The van der Waals surface area contributed by atoms with Gasteiger partial charge in [-0.05, 0) is 37.2 Å². The van der Waals surface area contributed by atoms with Gasteiger partial charge in [-0.1, -0.05) is 24.6 Å². The van der Waals surface area contributed by atoms with Gasteiger partial charge in [-0.2, -0.15) is 0 Å². The summed E-state index contributed by atoms with van der Waals surface area (Å²) in [6.07, 6.45) is 3.76. The molecule has 0 bridgehead atoms. The molecule has 0 saturated heterocycles. The average Bonchev–Trinajstić information content (AvgIpc) is 2.48. The van der Waals surface area contributed by atoms with Crippen molar-refractivity contribution < 1.29 is 9.13 Å². The van der Waals surface area contributed by atoms with Crippen LogP contribution in [0.25, 0.3) is 0 Å². The molecular weight excluding hydrogens is 291 g/mol. The van der Waals surface area contributed by atoms with E-state index >= 15 is 0 Å². The van der Waals surface area contributed by atoms with Crippen molar-refractivity contribution in [3.63, 3.8) is 0 Å². The Hall–Kier alpha value is -1.65. The van der Waals surface area contributed by atoms with Crippen LogP contribution in [0.1, 0.15) is 24.9 Å². The second kappa shape index (κ2) is 7.96. The number of nitrogens with one attached hydrogen (secondary N) is 1. The number of rotatable bonds is 7. The van der Waals surface area contributed by atoms with Gasteiger partial charge in [0.05, 0.1) is 12.2 Å². The van der Waals surface area contributed by atoms with Crippen LogP contribution in [0.3, 0.4) is 0 Å². The van der Waals surface area contributed by atoms with Gasteiger partial charge < -0.3 is 10.1 Å². The Morgan fingerprint density at radius 1 is 1.38 bits per heavy atom. The number of benzene rings is 1. The first-order chi connectivity index (χ1) is 10.2. The fraction of sp³-hybridized carbons (Fsp3) is 0.312. The van der Waals surface area contributed by atoms with E-state index in [-0.39, 0.29) is 11.9 Å². The number of aromatic nitrogens is 1. The molecule has 1 heterocycles. The predicted octanol–water partition coefficient (Wildman–Crippen LogP) is 3.99. The summed E-state index contributed by atoms with van der Waals surface area (Å²) in [5.41, 5.74) is 0.556. The molecule has 21 heavy (non-hydrogen) atoms. The van der Waals surface area contributed by atoms with Gasteiger partial charge in [0.15, 0.2) is 0 Å². The van der Waals surface area contributed by atoms with Crippen molar-refractivity contribution in [1.82, 2.24) is 10.3 Å². The Balaban J connectivity index is 2.08. The van der Waals surface area contributed by atoms with Crippen molar-refractivity contribution in [2.75, 3.05) is 13.2 Å². The SMILES string of the molecule is CCCNC(COc1cccc(Cl)c1)c1ccncc1F. The van der Waals surface area contributed by atoms with Crippen LogP contribution >= 0.6 is 11.6 Å². The van der Waals surface area contributed by atoms with E-state index in [2.05, 4.69) is 17.2 Å². The second-order valence-corrected chi connectivity index (χ2v) is 5.11. The van der Waals surface area contributed by atoms with Gasteiger partial charge in [0, 0.05) is 16.8 Å². The highest BCUT2D eigenvalue weighted by Crippen LogP contribution is 2.21. The zero-order valence-electron chi connectivity index (χ0n) is 11.9. The summed E-state index contributed by atoms with van der Waals surface area (Å²) < 4.78 is 19.6. The molecule has 1 aromatic carbocycles. The molecule has 3 nitrogen and oxygen atoms in total. The fourth-order valence-electron chi connectivity index (χ4n) is 1.98. The maximum absolute atomic E-state index is 13.9. The van der Waals surface area contributed by atoms with Crippen molar-refractivity contribution in [3.8, 4) is 5.75 Å². The minimum atomic E-state index is -0.333. The number of pyridine rings is 1. The summed E-state index contributed by atoms with van der Waals surface area (Å²) in [6, 6.07) is 8.60. The van der Waals surface area contributed by atoms with Crippen LogP contribution in [-0.4, -0.2) is 18.1 Å². The maximum atomic E-state index is 13.9. The van der Waals surface area contributed by atoms with E-state index in [0.29, 0.717) is 22.9 Å². The van der Waals surface area contributed by atoms with Crippen molar-refractivity contribution >= 4 is 11.6 Å². The molecule has 1 unspecified atom stereocenters. The molecule has 0 amide bonds. The number of halogens is 2. The van der Waals surface area contributed by atoms with E-state index in [1.165, 1.54) is 6.20 Å². The number of ether oxygens (including phenoxy) is 1. The molecule has 1 aromatic heterocycles. The van der Waals surface area contributed by atoms with Crippen LogP contribution in [0.4, 0.5) is 4.39 Å². The lowest BCUT2D eigenvalue weighted by molar-refractivity contribution is 0.263. The monoisotopic (exact) mass is 308 g/mol. The summed E-state index contributed by atoms with van der Waals surface area (Å²) in [7, 11) is 0. The molecule has 0 aliphatic carbocycles. The van der Waals surface area contributed by atoms with Gasteiger partial charge in [-0.15, -0.1) is 0 Å². The normalized spacial score (nSPS) is 12.1. The van der Waals surface area contributed by atoms with Gasteiger partial charge in [-0.3, -0.25) is 4.98 Å². The Kier molecular flexibility index (Phi) is 5.96. The summed E-state index contributed by atoms with van der Waals surface area (Å²) in [5.74, 6) is 0.334. The van der Waals surface area contributed by atoms with E-state index in [1.807, 2.05) is 12.1 Å². The maximum Gasteiger partial charge on any atom is 0.146 e. The molecule has 0 fully saturated rings. The first-order valence-corrected chi connectivity index (χ1v) is 7.29. The third-order valence-electron chi connectivity index (χ3n) is 3.03. The molecule has 0 aliphatic heterocycles. The molecule has 0 radical (unpaired) electrons. The highest BCUT2D eigenvalue weighted by atomic mass is 35.5. The smallest absolute Gasteiger partial charge is 0.146 e. The van der Waals surface area contributed by atoms with Crippen LogP contribution in [0.5, 0.6) is 5.75 Å². The predicted molar refractivity (Wildman–Crippen MR) is 82.2 cm³/mol. The number of nitrogens with zero attached hydrogens (tertiary/aromatic N) is 1. The number of hydrogen-bond acceptors (Lipinski definition) is 3. The lowest BCUT2D eigenvalue weighted by Crippen LogP contribution is -2.28. The summed E-state index contributed by atoms with van der Waals surface area (Å²) >= 11 is 5.92. The standard InChI is InChI=1S/C16H18ClFN2O/c1-2-7-20-16(14-6-8-19-10-15(14)18)11-21-13-5-3-4-12(17)9-13/h3-6,8-10,16,20H,2,7,11H2,1H3. The zero-order valence-corrected chi connectivity index (χ0v) is 12.6. The molecule has 1 atom stereocenters. The Labute approximate surface area is 129 Å². The van der Waals surface area contributed by atoms with Crippen molar-refractivity contribution in [2.45, 2.75) is 19.4 Å². The van der Waals surface area contributed by atoms with Gasteiger partial charge in [0.25, 0.3) is 0 Å². The topological polar surface area (TPSA) is 34.1 Å². The van der Waals surface area contributed by atoms with Crippen molar-refractivity contribution in [2.24, 2.45) is 0 Å². The molecule has 0 saturated carbocycles. The van der Waals surface area contributed by atoms with Crippen molar-refractivity contribution in [3.05, 3.63) is 59.1 Å². The molecule has 0 spiro atoms. The van der Waals surface area contributed by atoms with Crippen LogP contribution < -0.4 is 10.1 Å². The fourth-order valence-corrected chi connectivity index (χ4v) is 2.16. The third kappa shape index (κ3) is 4.69. The second-order valence-electron chi connectivity index (χ2n) is 4.67. The highest BCUT2D eigenvalue weighted by molar-refractivity contribution is 6.30. The molecule has 0 aliphatic rings. The first kappa shape index (κ1) is 15.7. The lowest BCUT2D eigenvalue weighted by Gasteiger charge is -2.20. The Morgan fingerprint density at radius 3 is 2.95 bits per heavy atom. The molecule has 2 rings (SSSR count). The summed E-state index contributed by atoms with van der Waals surface area (Å²) in [5, 5.41) is 3.90. The zero-order chi connectivity index (χ0) is 15.1. The largest absolute Gasteiger partial charge is 0.492 e. The Morgan fingerprint density at radius 2 is 2.24 bits per heavy atom. The van der Waals surface area contributed by atoms with Crippen LogP contribution in [-0.2, 0) is 0 Å². The van der Waals surface area contributed by atoms with Crippen LogP contribution in [0.15, 0.2) is 42.7 Å². The van der Waals surface area contributed by atoms with E-state index in [0.717, 1.165) is 13.0 Å². The van der Waals surface area contributed by atoms with E-state index in [9.17, 15) is 4.39 Å². The van der Waals surface area contributed by atoms with Gasteiger partial charge in [0.1, 0.15) is 18.2 Å². The van der Waals surface area contributed by atoms with Crippen LogP contribution in [0.2, 0.25) is 5.02 Å². The Bertz CT molecular complexity index is 580. The lowest BCUT2D eigenvalue weighted by atomic mass is 10.1. The average molecular weight is 309 g/mol. The van der Waals surface area contributed by atoms with Crippen LogP contribution in [0, 0.1) is 5.82 Å². The van der Waals surface area contributed by atoms with Crippen molar-refractivity contribution in [1.29, 1.82) is 0 Å². The molecule has 112 valence electrons. The molecule has 2 aromatic rings. The molecule has 5 heteroatoms. The first-order valence-electron chi connectivity index (χ1n) is 6.92. The summed E-state index contributed by atoms with van der Waals surface area (Å²) in [6.45, 7) is 3.16. The van der Waals surface area contributed by atoms with E-state index < -0.39 is 0 Å². The quantitative estimate of drug-likeness (QED) is 0.839.